The lowest BCUT2D eigenvalue weighted by Crippen LogP contribution is -2.48. The van der Waals surface area contributed by atoms with Crippen molar-refractivity contribution in [3.05, 3.63) is 0 Å². The van der Waals surface area contributed by atoms with E-state index >= 15 is 0 Å². The topological polar surface area (TPSA) is 75.6 Å². The van der Waals surface area contributed by atoms with Gasteiger partial charge in [-0.1, -0.05) is 0 Å². The Bertz CT molecular complexity index is 142. The highest BCUT2D eigenvalue weighted by Crippen LogP contribution is 2.16. The van der Waals surface area contributed by atoms with Crippen LogP contribution in [0.4, 0.5) is 0 Å². The van der Waals surface area contributed by atoms with Crippen LogP contribution in [0.15, 0.2) is 0 Å². The van der Waals surface area contributed by atoms with Crippen molar-refractivity contribution >= 4 is 0 Å². The molecule has 0 amide bonds. The molecule has 0 heterocycles. The SMILES string of the molecule is COOCC(O)(OOC)C(C)OOC. The van der Waals surface area contributed by atoms with E-state index in [4.69, 9.17) is 0 Å². The van der Waals surface area contributed by atoms with Crippen LogP contribution < -0.4 is 0 Å². The molecule has 2 unspecified atom stereocenters. The standard InChI is InChI=1S/C7H16O7/c1-6(13-10-3)7(8,14-11-4)5-12-9-2/h6,8H,5H2,1-4H3. The van der Waals surface area contributed by atoms with E-state index in [1.807, 2.05) is 0 Å². The molecule has 0 bridgehead atoms. The third-order valence-corrected chi connectivity index (χ3v) is 1.49. The lowest BCUT2D eigenvalue weighted by Gasteiger charge is -2.29. The lowest BCUT2D eigenvalue weighted by atomic mass is 10.2. The van der Waals surface area contributed by atoms with E-state index in [9.17, 15) is 5.11 Å². The molecule has 0 aliphatic heterocycles. The summed E-state index contributed by atoms with van der Waals surface area (Å²) in [5.74, 6) is -1.80. The fraction of sp³-hybridized carbons (Fsp3) is 1.00. The van der Waals surface area contributed by atoms with Gasteiger partial charge in [0.15, 0.2) is 0 Å². The molecule has 0 fully saturated rings. The maximum absolute atomic E-state index is 9.78. The maximum atomic E-state index is 9.78. The lowest BCUT2D eigenvalue weighted by molar-refractivity contribution is -0.480. The Kier molecular flexibility index (Phi) is 6.93. The molecule has 1 N–H and O–H groups in total. The number of hydrogen-bond acceptors (Lipinski definition) is 7. The molecular formula is C7H16O7. The highest BCUT2D eigenvalue weighted by Gasteiger charge is 2.39. The van der Waals surface area contributed by atoms with Gasteiger partial charge in [0.05, 0.1) is 21.3 Å². The van der Waals surface area contributed by atoms with Crippen LogP contribution in [0.2, 0.25) is 0 Å². The largest absolute Gasteiger partial charge is 0.359 e. The van der Waals surface area contributed by atoms with E-state index in [1.165, 1.54) is 28.3 Å². The molecule has 7 heteroatoms. The molecule has 0 aliphatic rings. The van der Waals surface area contributed by atoms with Crippen molar-refractivity contribution in [1.29, 1.82) is 0 Å². The van der Waals surface area contributed by atoms with Crippen LogP contribution in [0.25, 0.3) is 0 Å². The van der Waals surface area contributed by atoms with Crippen LogP contribution in [0.3, 0.4) is 0 Å². The molecular weight excluding hydrogens is 196 g/mol. The zero-order chi connectivity index (χ0) is 11.0. The predicted molar refractivity (Wildman–Crippen MR) is 43.6 cm³/mol. The van der Waals surface area contributed by atoms with Crippen LogP contribution in [0.1, 0.15) is 6.92 Å². The highest BCUT2D eigenvalue weighted by atomic mass is 17.3. The van der Waals surface area contributed by atoms with Gasteiger partial charge in [-0.25, -0.2) is 24.4 Å². The minimum atomic E-state index is -1.80. The van der Waals surface area contributed by atoms with Crippen molar-refractivity contribution in [3.8, 4) is 0 Å². The first-order chi connectivity index (χ1) is 6.60. The molecule has 0 saturated heterocycles. The Morgan fingerprint density at radius 1 is 1.14 bits per heavy atom. The van der Waals surface area contributed by atoms with Crippen LogP contribution in [0, 0.1) is 0 Å². The molecule has 0 saturated carbocycles. The van der Waals surface area contributed by atoms with E-state index in [-0.39, 0.29) is 6.61 Å². The second kappa shape index (κ2) is 7.07. The summed E-state index contributed by atoms with van der Waals surface area (Å²) in [6.45, 7) is 1.23. The first kappa shape index (κ1) is 13.7. The third kappa shape index (κ3) is 4.29. The van der Waals surface area contributed by atoms with E-state index in [0.29, 0.717) is 0 Å². The van der Waals surface area contributed by atoms with E-state index < -0.39 is 11.9 Å². The third-order valence-electron chi connectivity index (χ3n) is 1.49. The average Bonchev–Trinajstić information content (AvgIpc) is 2.15. The summed E-state index contributed by atoms with van der Waals surface area (Å²) in [6.07, 6.45) is -0.817. The van der Waals surface area contributed by atoms with E-state index in [1.54, 1.807) is 0 Å². The summed E-state index contributed by atoms with van der Waals surface area (Å²) in [5.41, 5.74) is 0. The normalized spacial score (nSPS) is 17.8. The van der Waals surface area contributed by atoms with Crippen molar-refractivity contribution in [2.24, 2.45) is 0 Å². The van der Waals surface area contributed by atoms with Crippen molar-refractivity contribution in [2.75, 3.05) is 27.9 Å². The Morgan fingerprint density at radius 3 is 2.21 bits per heavy atom. The van der Waals surface area contributed by atoms with Gasteiger partial charge in [0.25, 0.3) is 5.79 Å². The Hall–Kier alpha value is -0.280. The first-order valence-electron chi connectivity index (χ1n) is 3.90. The van der Waals surface area contributed by atoms with E-state index in [2.05, 4.69) is 29.3 Å². The average molecular weight is 212 g/mol. The molecule has 0 rings (SSSR count). The van der Waals surface area contributed by atoms with Gasteiger partial charge in [0, 0.05) is 0 Å². The quantitative estimate of drug-likeness (QED) is 0.339. The van der Waals surface area contributed by atoms with Gasteiger partial charge in [0.2, 0.25) is 0 Å². The van der Waals surface area contributed by atoms with Crippen LogP contribution in [-0.2, 0) is 29.3 Å². The Balaban J connectivity index is 4.19. The van der Waals surface area contributed by atoms with Gasteiger partial charge in [-0.3, -0.25) is 0 Å². The van der Waals surface area contributed by atoms with Crippen molar-refractivity contribution in [3.63, 3.8) is 0 Å². The molecule has 0 aliphatic carbocycles. The van der Waals surface area contributed by atoms with Gasteiger partial charge in [-0.15, -0.1) is 0 Å². The van der Waals surface area contributed by atoms with Crippen molar-refractivity contribution < 1.29 is 34.4 Å². The smallest absolute Gasteiger partial charge is 0.255 e. The van der Waals surface area contributed by atoms with Gasteiger partial charge >= 0.3 is 0 Å². The Morgan fingerprint density at radius 2 is 1.79 bits per heavy atom. The van der Waals surface area contributed by atoms with Crippen LogP contribution in [0.5, 0.6) is 0 Å². The molecule has 2 atom stereocenters. The minimum absolute atomic E-state index is 0.290. The molecule has 0 spiro atoms. The molecule has 7 nitrogen and oxygen atoms in total. The molecule has 0 radical (unpaired) electrons. The summed E-state index contributed by atoms with van der Waals surface area (Å²) < 4.78 is 0. The summed E-state index contributed by atoms with van der Waals surface area (Å²) in [4.78, 5) is 26.8. The molecule has 14 heavy (non-hydrogen) atoms. The van der Waals surface area contributed by atoms with E-state index in [0.717, 1.165) is 0 Å². The van der Waals surface area contributed by atoms with Crippen molar-refractivity contribution in [2.45, 2.75) is 18.8 Å². The van der Waals surface area contributed by atoms with Crippen molar-refractivity contribution in [1.82, 2.24) is 0 Å². The van der Waals surface area contributed by atoms with Gasteiger partial charge in [-0.2, -0.15) is 4.89 Å². The van der Waals surface area contributed by atoms with Crippen LogP contribution in [-0.4, -0.2) is 44.9 Å². The highest BCUT2D eigenvalue weighted by molar-refractivity contribution is 4.72. The second-order valence-corrected chi connectivity index (χ2v) is 2.43. The molecule has 0 aromatic carbocycles. The molecule has 0 aromatic heterocycles. The maximum Gasteiger partial charge on any atom is 0.255 e. The fourth-order valence-electron chi connectivity index (χ4n) is 0.716. The first-order valence-corrected chi connectivity index (χ1v) is 3.90. The molecule has 0 aromatic rings. The summed E-state index contributed by atoms with van der Waals surface area (Å²) >= 11 is 0. The number of hydrogen-bond donors (Lipinski definition) is 1. The second-order valence-electron chi connectivity index (χ2n) is 2.43. The number of rotatable bonds is 8. The monoisotopic (exact) mass is 212 g/mol. The summed E-state index contributed by atoms with van der Waals surface area (Å²) in [5, 5.41) is 9.78. The zero-order valence-corrected chi connectivity index (χ0v) is 8.68. The molecule has 86 valence electrons. The summed E-state index contributed by atoms with van der Waals surface area (Å²) in [6, 6.07) is 0. The fourth-order valence-corrected chi connectivity index (χ4v) is 0.716. The van der Waals surface area contributed by atoms with Gasteiger partial charge in [0.1, 0.15) is 12.7 Å². The number of aliphatic hydroxyl groups is 1. The van der Waals surface area contributed by atoms with Gasteiger partial charge < -0.3 is 5.11 Å². The zero-order valence-electron chi connectivity index (χ0n) is 8.68. The van der Waals surface area contributed by atoms with Crippen LogP contribution >= 0.6 is 0 Å². The Labute approximate surface area is 82.2 Å². The summed E-state index contributed by atoms with van der Waals surface area (Å²) in [7, 11) is 3.85. The minimum Gasteiger partial charge on any atom is -0.359 e. The predicted octanol–water partition coefficient (Wildman–Crippen LogP) is -0.202. The van der Waals surface area contributed by atoms with Gasteiger partial charge in [-0.05, 0) is 6.92 Å².